The van der Waals surface area contributed by atoms with Crippen LogP contribution in [-0.2, 0) is 4.79 Å². The number of benzene rings is 3. The average molecular weight is 518 g/mol. The number of halogens is 1. The second kappa shape index (κ2) is 9.67. The first kappa shape index (κ1) is 24.5. The minimum absolute atomic E-state index is 0.00652. The van der Waals surface area contributed by atoms with E-state index in [1.165, 1.54) is 4.90 Å². The third-order valence-electron chi connectivity index (χ3n) is 6.07. The Balaban J connectivity index is 1.61. The van der Waals surface area contributed by atoms with E-state index in [2.05, 4.69) is 0 Å². The summed E-state index contributed by atoms with van der Waals surface area (Å²) in [5.74, 6) is -0.674. The highest BCUT2D eigenvalue weighted by Gasteiger charge is 2.45. The van der Waals surface area contributed by atoms with Crippen LogP contribution in [0.4, 0.5) is 5.69 Å². The molecule has 4 aromatic rings. The molecule has 1 aromatic heterocycles. The normalized spacial score (nSPS) is 15.6. The van der Waals surface area contributed by atoms with Crippen LogP contribution in [0.15, 0.2) is 88.5 Å². The van der Waals surface area contributed by atoms with E-state index in [-0.39, 0.29) is 17.4 Å². The number of anilines is 1. The monoisotopic (exact) mass is 517 g/mol. The number of aliphatic hydroxyl groups is 1. The van der Waals surface area contributed by atoms with Crippen molar-refractivity contribution in [2.24, 2.45) is 0 Å². The lowest BCUT2D eigenvalue weighted by Gasteiger charge is -2.27. The zero-order valence-electron chi connectivity index (χ0n) is 20.4. The lowest BCUT2D eigenvalue weighted by atomic mass is 9.94. The molecular weight excluding hydrogens is 494 g/mol. The van der Waals surface area contributed by atoms with E-state index >= 15 is 0 Å². The van der Waals surface area contributed by atoms with Gasteiger partial charge in [-0.1, -0.05) is 23.7 Å². The Morgan fingerprint density at radius 2 is 1.68 bits per heavy atom. The largest absolute Gasteiger partial charge is 0.503 e. The number of aliphatic hydroxyl groups excluding tert-OH is 1. The van der Waals surface area contributed by atoms with E-state index in [1.54, 1.807) is 79.9 Å². The summed E-state index contributed by atoms with van der Waals surface area (Å²) in [5.41, 5.74) is 1.50. The number of amides is 1. The van der Waals surface area contributed by atoms with Crippen molar-refractivity contribution in [3.63, 3.8) is 0 Å². The molecule has 3 aromatic carbocycles. The Hall–Kier alpha value is -4.23. The highest BCUT2D eigenvalue weighted by atomic mass is 35.5. The Morgan fingerprint density at radius 1 is 1.00 bits per heavy atom. The van der Waals surface area contributed by atoms with Crippen LogP contribution in [0.5, 0.6) is 11.5 Å². The van der Waals surface area contributed by atoms with Gasteiger partial charge in [0.2, 0.25) is 5.78 Å². The van der Waals surface area contributed by atoms with Gasteiger partial charge in [0.15, 0.2) is 11.5 Å². The van der Waals surface area contributed by atoms with Crippen molar-refractivity contribution in [2.75, 3.05) is 12.0 Å². The summed E-state index contributed by atoms with van der Waals surface area (Å²) < 4.78 is 16.8. The molecule has 0 aliphatic carbocycles. The molecule has 0 fully saturated rings. The summed E-state index contributed by atoms with van der Waals surface area (Å²) in [6.45, 7) is 3.85. The molecule has 1 aliphatic rings. The molecule has 0 saturated heterocycles. The standard InChI is InChI=1S/C29H24ClNO6/c1-16(2)36-22-9-4-17(5-10-22)26-25(27(32)24-15-18-14-19(30)6-13-23(18)37-24)28(33)29(34)31(26)20-7-11-21(35-3)12-8-20/h4-16,26,33H,1-3H3. The maximum atomic E-state index is 13.8. The van der Waals surface area contributed by atoms with E-state index in [9.17, 15) is 14.7 Å². The molecule has 0 spiro atoms. The second-order valence-electron chi connectivity index (χ2n) is 8.90. The second-order valence-corrected chi connectivity index (χ2v) is 9.33. The zero-order valence-corrected chi connectivity index (χ0v) is 21.2. The third kappa shape index (κ3) is 4.54. The fourth-order valence-corrected chi connectivity index (χ4v) is 4.60. The third-order valence-corrected chi connectivity index (χ3v) is 6.31. The van der Waals surface area contributed by atoms with Crippen molar-refractivity contribution in [3.05, 3.63) is 100 Å². The average Bonchev–Trinajstić information content (AvgIpc) is 3.42. The van der Waals surface area contributed by atoms with Gasteiger partial charge in [0.05, 0.1) is 24.8 Å². The van der Waals surface area contributed by atoms with E-state index in [0.29, 0.717) is 38.7 Å². The predicted octanol–water partition coefficient (Wildman–Crippen LogP) is 6.66. The molecule has 188 valence electrons. The number of rotatable bonds is 7. The van der Waals surface area contributed by atoms with Crippen LogP contribution < -0.4 is 14.4 Å². The van der Waals surface area contributed by atoms with Gasteiger partial charge >= 0.3 is 0 Å². The summed E-state index contributed by atoms with van der Waals surface area (Å²) in [5, 5.41) is 12.1. The van der Waals surface area contributed by atoms with E-state index in [1.807, 2.05) is 13.8 Å². The summed E-state index contributed by atoms with van der Waals surface area (Å²) in [7, 11) is 1.55. The summed E-state index contributed by atoms with van der Waals surface area (Å²) >= 11 is 6.09. The van der Waals surface area contributed by atoms with Crippen LogP contribution in [0.1, 0.15) is 36.0 Å². The Kier molecular flexibility index (Phi) is 6.39. The summed E-state index contributed by atoms with van der Waals surface area (Å²) in [4.78, 5) is 28.5. The minimum Gasteiger partial charge on any atom is -0.503 e. The van der Waals surface area contributed by atoms with E-state index in [0.717, 1.165) is 0 Å². The molecule has 1 atom stereocenters. The molecular formula is C29H24ClNO6. The number of ketones is 1. The van der Waals surface area contributed by atoms with Crippen LogP contribution in [0, 0.1) is 0 Å². The molecule has 1 amide bonds. The van der Waals surface area contributed by atoms with Crippen LogP contribution in [0.2, 0.25) is 5.02 Å². The van der Waals surface area contributed by atoms with Crippen LogP contribution >= 0.6 is 11.6 Å². The van der Waals surface area contributed by atoms with E-state index < -0.39 is 23.5 Å². The molecule has 0 radical (unpaired) electrons. The number of carbonyl (C=O) groups excluding carboxylic acids is 2. The molecule has 8 heteroatoms. The van der Waals surface area contributed by atoms with Crippen LogP contribution in [0.3, 0.4) is 0 Å². The molecule has 1 unspecified atom stereocenters. The van der Waals surface area contributed by atoms with Gasteiger partial charge in [0.25, 0.3) is 5.91 Å². The van der Waals surface area contributed by atoms with Gasteiger partial charge in [-0.25, -0.2) is 0 Å². The van der Waals surface area contributed by atoms with Gasteiger partial charge in [0.1, 0.15) is 17.1 Å². The fraction of sp³-hybridized carbons (Fsp3) is 0.172. The Labute approximate surface area is 218 Å². The molecule has 5 rings (SSSR count). The van der Waals surface area contributed by atoms with Gasteiger partial charge in [-0.15, -0.1) is 0 Å². The molecule has 7 nitrogen and oxygen atoms in total. The van der Waals surface area contributed by atoms with Gasteiger partial charge in [-0.2, -0.15) is 0 Å². The highest BCUT2D eigenvalue weighted by molar-refractivity contribution is 6.31. The maximum Gasteiger partial charge on any atom is 0.294 e. The molecule has 2 heterocycles. The number of carbonyl (C=O) groups is 2. The number of hydrogen-bond acceptors (Lipinski definition) is 6. The quantitative estimate of drug-likeness (QED) is 0.275. The van der Waals surface area contributed by atoms with E-state index in [4.69, 9.17) is 25.5 Å². The molecule has 37 heavy (non-hydrogen) atoms. The van der Waals surface area contributed by atoms with Crippen molar-refractivity contribution in [3.8, 4) is 11.5 Å². The van der Waals surface area contributed by atoms with Crippen molar-refractivity contribution in [1.82, 2.24) is 0 Å². The zero-order chi connectivity index (χ0) is 26.3. The molecule has 1 aliphatic heterocycles. The van der Waals surface area contributed by atoms with Crippen molar-refractivity contribution < 1.29 is 28.6 Å². The molecule has 0 bridgehead atoms. The lowest BCUT2D eigenvalue weighted by Crippen LogP contribution is -2.31. The van der Waals surface area contributed by atoms with Crippen molar-refractivity contribution in [1.29, 1.82) is 0 Å². The maximum absolute atomic E-state index is 13.8. The van der Waals surface area contributed by atoms with Gasteiger partial charge in [-0.3, -0.25) is 14.5 Å². The smallest absolute Gasteiger partial charge is 0.294 e. The summed E-state index contributed by atoms with van der Waals surface area (Å²) in [6, 6.07) is 19.6. The Morgan fingerprint density at radius 3 is 2.32 bits per heavy atom. The number of hydrogen-bond donors (Lipinski definition) is 1. The number of methoxy groups -OCH3 is 1. The fourth-order valence-electron chi connectivity index (χ4n) is 4.42. The number of fused-ring (bicyclic) bond motifs is 1. The predicted molar refractivity (Wildman–Crippen MR) is 141 cm³/mol. The van der Waals surface area contributed by atoms with Crippen molar-refractivity contribution >= 4 is 39.9 Å². The van der Waals surface area contributed by atoms with Crippen molar-refractivity contribution in [2.45, 2.75) is 26.0 Å². The first-order chi connectivity index (χ1) is 17.8. The van der Waals surface area contributed by atoms with Gasteiger partial charge in [0, 0.05) is 16.1 Å². The van der Waals surface area contributed by atoms with Crippen LogP contribution in [0.25, 0.3) is 11.0 Å². The summed E-state index contributed by atoms with van der Waals surface area (Å²) in [6.07, 6.45) is -0.0163. The molecule has 0 saturated carbocycles. The lowest BCUT2D eigenvalue weighted by molar-refractivity contribution is -0.117. The number of furan rings is 1. The SMILES string of the molecule is COc1ccc(N2C(=O)C(O)=C(C(=O)c3cc4cc(Cl)ccc4o3)C2c2ccc(OC(C)C)cc2)cc1. The first-order valence-electron chi connectivity index (χ1n) is 11.7. The highest BCUT2D eigenvalue weighted by Crippen LogP contribution is 2.43. The number of ether oxygens (including phenoxy) is 2. The number of Topliss-reactive ketones (excluding diaryl/α,β-unsaturated/α-hetero) is 1. The minimum atomic E-state index is -0.904. The van der Waals surface area contributed by atoms with Gasteiger partial charge in [-0.05, 0) is 80.1 Å². The first-order valence-corrected chi connectivity index (χ1v) is 12.1. The van der Waals surface area contributed by atoms with Gasteiger partial charge < -0.3 is 19.0 Å². The number of nitrogens with zero attached hydrogens (tertiary/aromatic N) is 1. The Bertz CT molecular complexity index is 1520. The topological polar surface area (TPSA) is 89.2 Å². The molecule has 1 N–H and O–H groups in total. The van der Waals surface area contributed by atoms with Crippen LogP contribution in [-0.4, -0.2) is 30.0 Å².